The molecule has 3 nitrogen and oxygen atoms in total. The Hall–Kier alpha value is -2.43. The fourth-order valence-electron chi connectivity index (χ4n) is 2.66. The third-order valence-corrected chi connectivity index (χ3v) is 3.84. The number of aromatic nitrogens is 2. The van der Waals surface area contributed by atoms with E-state index in [1.807, 2.05) is 10.6 Å². The third kappa shape index (κ3) is 1.88. The fourth-order valence-corrected chi connectivity index (χ4v) is 2.66. The van der Waals surface area contributed by atoms with Gasteiger partial charge in [-0.3, -0.25) is 0 Å². The van der Waals surface area contributed by atoms with E-state index in [0.29, 0.717) is 22.9 Å². The van der Waals surface area contributed by atoms with E-state index in [1.54, 1.807) is 12.1 Å². The summed E-state index contributed by atoms with van der Waals surface area (Å²) in [5.41, 5.74) is 7.31. The molecule has 1 fully saturated rings. The van der Waals surface area contributed by atoms with Crippen molar-refractivity contribution in [3.63, 3.8) is 0 Å². The summed E-state index contributed by atoms with van der Waals surface area (Å²) in [6, 6.07) is 9.81. The number of fused-ring (bicyclic) bond motifs is 1. The van der Waals surface area contributed by atoms with E-state index in [9.17, 15) is 8.78 Å². The maximum absolute atomic E-state index is 14.0. The maximum atomic E-state index is 14.0. The van der Waals surface area contributed by atoms with Gasteiger partial charge >= 0.3 is 0 Å². The molecule has 0 spiro atoms. The third-order valence-electron chi connectivity index (χ3n) is 3.84. The van der Waals surface area contributed by atoms with Crippen LogP contribution in [0.2, 0.25) is 0 Å². The van der Waals surface area contributed by atoms with Crippen LogP contribution in [0.25, 0.3) is 22.4 Å². The predicted molar refractivity (Wildman–Crippen MR) is 77.8 cm³/mol. The van der Waals surface area contributed by atoms with Crippen LogP contribution in [0.15, 0.2) is 36.4 Å². The van der Waals surface area contributed by atoms with Crippen molar-refractivity contribution in [2.75, 3.05) is 5.73 Å². The number of halogens is 2. The highest BCUT2D eigenvalue weighted by Crippen LogP contribution is 2.41. The number of rotatable bonds is 2. The standard InChI is InChI=1S/C16H13F2N3/c17-11-2-1-3-14-15(11)20-16(21(14)10-5-6-10)9-4-7-13(19)12(18)8-9/h1-4,7-8,10H,5-6,19H2. The van der Waals surface area contributed by atoms with Crippen LogP contribution in [0.1, 0.15) is 18.9 Å². The van der Waals surface area contributed by atoms with Gasteiger partial charge in [0, 0.05) is 11.6 Å². The van der Waals surface area contributed by atoms with E-state index >= 15 is 0 Å². The maximum Gasteiger partial charge on any atom is 0.151 e. The van der Waals surface area contributed by atoms with Gasteiger partial charge in [0.2, 0.25) is 0 Å². The lowest BCUT2D eigenvalue weighted by Gasteiger charge is -2.08. The first kappa shape index (κ1) is 12.3. The lowest BCUT2D eigenvalue weighted by Crippen LogP contribution is -1.98. The molecule has 21 heavy (non-hydrogen) atoms. The lowest BCUT2D eigenvalue weighted by molar-refractivity contribution is 0.632. The molecule has 1 aromatic heterocycles. The van der Waals surface area contributed by atoms with Gasteiger partial charge in [0.15, 0.2) is 5.82 Å². The fraction of sp³-hybridized carbons (Fsp3) is 0.188. The van der Waals surface area contributed by atoms with Crippen LogP contribution in [0, 0.1) is 11.6 Å². The van der Waals surface area contributed by atoms with Crippen molar-refractivity contribution < 1.29 is 8.78 Å². The van der Waals surface area contributed by atoms with E-state index in [-0.39, 0.29) is 11.5 Å². The van der Waals surface area contributed by atoms with Gasteiger partial charge in [0.05, 0.1) is 11.2 Å². The molecule has 0 radical (unpaired) electrons. The zero-order chi connectivity index (χ0) is 14.6. The first-order valence-electron chi connectivity index (χ1n) is 6.87. The summed E-state index contributed by atoms with van der Waals surface area (Å²) in [6.07, 6.45) is 2.07. The first-order chi connectivity index (χ1) is 10.1. The summed E-state index contributed by atoms with van der Waals surface area (Å²) in [7, 11) is 0. The topological polar surface area (TPSA) is 43.8 Å². The number of benzene rings is 2. The minimum atomic E-state index is -0.484. The number of nitrogens with two attached hydrogens (primary N) is 1. The quantitative estimate of drug-likeness (QED) is 0.726. The van der Waals surface area contributed by atoms with Gasteiger partial charge in [-0.25, -0.2) is 13.8 Å². The second kappa shape index (κ2) is 4.28. The summed E-state index contributed by atoms with van der Waals surface area (Å²) in [5, 5.41) is 0. The van der Waals surface area contributed by atoms with Gasteiger partial charge in [0.1, 0.15) is 17.2 Å². The number of imidazole rings is 1. The molecule has 0 aliphatic heterocycles. The molecule has 1 saturated carbocycles. The van der Waals surface area contributed by atoms with Crippen molar-refractivity contribution >= 4 is 16.7 Å². The highest BCUT2D eigenvalue weighted by atomic mass is 19.1. The van der Waals surface area contributed by atoms with Gasteiger partial charge in [-0.1, -0.05) is 6.07 Å². The Kier molecular flexibility index (Phi) is 2.51. The zero-order valence-corrected chi connectivity index (χ0v) is 11.2. The van der Waals surface area contributed by atoms with Gasteiger partial charge < -0.3 is 10.3 Å². The molecule has 1 heterocycles. The molecule has 5 heteroatoms. The number of anilines is 1. The lowest BCUT2D eigenvalue weighted by atomic mass is 10.2. The second-order valence-corrected chi connectivity index (χ2v) is 5.38. The Morgan fingerprint density at radius 3 is 2.62 bits per heavy atom. The summed E-state index contributed by atoms with van der Waals surface area (Å²) in [6.45, 7) is 0. The molecular weight excluding hydrogens is 272 g/mol. The Bertz CT molecular complexity index is 850. The van der Waals surface area contributed by atoms with E-state index in [1.165, 1.54) is 18.2 Å². The molecule has 0 saturated heterocycles. The van der Waals surface area contributed by atoms with E-state index in [0.717, 1.165) is 18.4 Å². The average Bonchev–Trinajstić information content (AvgIpc) is 3.22. The smallest absolute Gasteiger partial charge is 0.151 e. The van der Waals surface area contributed by atoms with Gasteiger partial charge in [-0.15, -0.1) is 0 Å². The van der Waals surface area contributed by atoms with Gasteiger partial charge in [-0.2, -0.15) is 0 Å². The van der Waals surface area contributed by atoms with Crippen molar-refractivity contribution in [2.45, 2.75) is 18.9 Å². The van der Waals surface area contributed by atoms with E-state index < -0.39 is 5.82 Å². The number of hydrogen-bond donors (Lipinski definition) is 1. The van der Waals surface area contributed by atoms with Crippen LogP contribution in [0.4, 0.5) is 14.5 Å². The monoisotopic (exact) mass is 285 g/mol. The summed E-state index contributed by atoms with van der Waals surface area (Å²) in [4.78, 5) is 4.39. The highest BCUT2D eigenvalue weighted by Gasteiger charge is 2.29. The van der Waals surface area contributed by atoms with Crippen LogP contribution in [-0.2, 0) is 0 Å². The van der Waals surface area contributed by atoms with Crippen LogP contribution in [0.5, 0.6) is 0 Å². The minimum Gasteiger partial charge on any atom is -0.396 e. The normalized spacial score (nSPS) is 14.8. The van der Waals surface area contributed by atoms with Crippen LogP contribution in [-0.4, -0.2) is 9.55 Å². The van der Waals surface area contributed by atoms with E-state index in [4.69, 9.17) is 5.73 Å². The Morgan fingerprint density at radius 2 is 1.90 bits per heavy atom. The number of nitrogens with zero attached hydrogens (tertiary/aromatic N) is 2. The van der Waals surface area contributed by atoms with Crippen LogP contribution in [0.3, 0.4) is 0 Å². The summed E-state index contributed by atoms with van der Waals surface area (Å²) in [5.74, 6) is -0.247. The van der Waals surface area contributed by atoms with E-state index in [2.05, 4.69) is 4.98 Å². The summed E-state index contributed by atoms with van der Waals surface area (Å²) < 4.78 is 29.7. The Morgan fingerprint density at radius 1 is 1.10 bits per heavy atom. The van der Waals surface area contributed by atoms with Crippen molar-refractivity contribution in [3.8, 4) is 11.4 Å². The average molecular weight is 285 g/mol. The molecule has 0 unspecified atom stereocenters. The number of hydrogen-bond acceptors (Lipinski definition) is 2. The van der Waals surface area contributed by atoms with Crippen LogP contribution >= 0.6 is 0 Å². The molecule has 4 rings (SSSR count). The zero-order valence-electron chi connectivity index (χ0n) is 11.2. The number of nitrogen functional groups attached to an aromatic ring is 1. The predicted octanol–water partition coefficient (Wildman–Crippen LogP) is 3.90. The Labute approximate surface area is 120 Å². The molecule has 0 amide bonds. The minimum absolute atomic E-state index is 0.0963. The molecule has 2 aromatic carbocycles. The Balaban J connectivity index is 2.01. The van der Waals surface area contributed by atoms with Gasteiger partial charge in [-0.05, 0) is 43.2 Å². The molecule has 0 atom stereocenters. The van der Waals surface area contributed by atoms with Crippen molar-refractivity contribution in [2.24, 2.45) is 0 Å². The molecule has 1 aliphatic rings. The molecule has 106 valence electrons. The largest absolute Gasteiger partial charge is 0.396 e. The van der Waals surface area contributed by atoms with Crippen molar-refractivity contribution in [3.05, 3.63) is 48.0 Å². The second-order valence-electron chi connectivity index (χ2n) is 5.38. The molecule has 2 N–H and O–H groups in total. The summed E-state index contributed by atoms with van der Waals surface area (Å²) >= 11 is 0. The SMILES string of the molecule is Nc1ccc(-c2nc3c(F)cccc3n2C2CC2)cc1F. The van der Waals surface area contributed by atoms with Crippen LogP contribution < -0.4 is 5.73 Å². The van der Waals surface area contributed by atoms with Gasteiger partial charge in [0.25, 0.3) is 0 Å². The highest BCUT2D eigenvalue weighted by molar-refractivity contribution is 5.81. The molecule has 3 aromatic rings. The van der Waals surface area contributed by atoms with Crippen molar-refractivity contribution in [1.29, 1.82) is 0 Å². The molecular formula is C16H13F2N3. The molecule has 0 bridgehead atoms. The molecule has 1 aliphatic carbocycles. The van der Waals surface area contributed by atoms with Crippen molar-refractivity contribution in [1.82, 2.24) is 9.55 Å². The first-order valence-corrected chi connectivity index (χ1v) is 6.87. The number of para-hydroxylation sites is 1.